The molecule has 28 heavy (non-hydrogen) atoms. The number of aryl methyl sites for hydroxylation is 1. The van der Waals surface area contributed by atoms with Crippen LogP contribution in [0.2, 0.25) is 0 Å². The summed E-state index contributed by atoms with van der Waals surface area (Å²) in [4.78, 5) is 13.1. The number of rotatable bonds is 7. The number of hydrogen-bond donors (Lipinski definition) is 1. The first kappa shape index (κ1) is 19.9. The van der Waals surface area contributed by atoms with Gasteiger partial charge in [0.1, 0.15) is 5.82 Å². The molecule has 144 valence electrons. The van der Waals surface area contributed by atoms with E-state index in [0.29, 0.717) is 12.2 Å². The Morgan fingerprint density at radius 2 is 1.86 bits per heavy atom. The summed E-state index contributed by atoms with van der Waals surface area (Å²) in [5.41, 5.74) is 6.35. The highest BCUT2D eigenvalue weighted by molar-refractivity contribution is 7.99. The zero-order valence-corrected chi connectivity index (χ0v) is 16.7. The van der Waals surface area contributed by atoms with E-state index < -0.39 is 0 Å². The van der Waals surface area contributed by atoms with Crippen molar-refractivity contribution in [3.63, 3.8) is 0 Å². The number of hydrogen-bond acceptors (Lipinski definition) is 3. The molecule has 0 aliphatic carbocycles. The average Bonchev–Trinajstić information content (AvgIpc) is 2.97. The smallest absolute Gasteiger partial charge is 0.240 e. The Morgan fingerprint density at radius 1 is 1.14 bits per heavy atom. The van der Waals surface area contributed by atoms with Gasteiger partial charge in [-0.15, -0.1) is 11.8 Å². The van der Waals surface area contributed by atoms with Gasteiger partial charge in [0.05, 0.1) is 6.21 Å². The second-order valence-electron chi connectivity index (χ2n) is 6.34. The molecule has 0 bridgehead atoms. The first-order chi connectivity index (χ1) is 13.5. The fourth-order valence-corrected chi connectivity index (χ4v) is 3.79. The van der Waals surface area contributed by atoms with Gasteiger partial charge in [0.25, 0.3) is 0 Å². The lowest BCUT2D eigenvalue weighted by molar-refractivity contribution is -0.120. The summed E-state index contributed by atoms with van der Waals surface area (Å²) < 4.78 is 15.2. The van der Waals surface area contributed by atoms with E-state index in [1.165, 1.54) is 12.1 Å². The van der Waals surface area contributed by atoms with Gasteiger partial charge in [-0.05, 0) is 56.3 Å². The largest absolute Gasteiger partial charge is 0.318 e. The van der Waals surface area contributed by atoms with Gasteiger partial charge >= 0.3 is 0 Å². The third-order valence-corrected chi connectivity index (χ3v) is 5.30. The Labute approximate surface area is 168 Å². The molecule has 0 aliphatic rings. The van der Waals surface area contributed by atoms with Crippen LogP contribution in [0.4, 0.5) is 4.39 Å². The molecule has 1 heterocycles. The zero-order valence-electron chi connectivity index (χ0n) is 15.9. The number of aromatic nitrogens is 1. The van der Waals surface area contributed by atoms with Gasteiger partial charge in [-0.2, -0.15) is 5.10 Å². The molecular formula is C22H22FN3OS. The molecule has 0 unspecified atom stereocenters. The molecule has 1 aromatic heterocycles. The number of halogens is 1. The first-order valence-electron chi connectivity index (χ1n) is 8.99. The van der Waals surface area contributed by atoms with E-state index in [9.17, 15) is 9.18 Å². The molecule has 3 rings (SSSR count). The number of thioether (sulfide) groups is 1. The number of nitrogens with zero attached hydrogens (tertiary/aromatic N) is 2. The molecule has 0 saturated carbocycles. The highest BCUT2D eigenvalue weighted by Crippen LogP contribution is 2.20. The van der Waals surface area contributed by atoms with Crippen molar-refractivity contribution in [3.8, 4) is 5.69 Å². The number of nitrogens with one attached hydrogen (secondary N) is 1. The van der Waals surface area contributed by atoms with E-state index in [2.05, 4.69) is 10.5 Å². The van der Waals surface area contributed by atoms with Crippen LogP contribution >= 0.6 is 11.8 Å². The fraction of sp³-hybridized carbons (Fsp3) is 0.182. The lowest BCUT2D eigenvalue weighted by Gasteiger charge is -2.09. The van der Waals surface area contributed by atoms with E-state index in [-0.39, 0.29) is 11.7 Å². The molecule has 4 nitrogen and oxygen atoms in total. The van der Waals surface area contributed by atoms with Crippen molar-refractivity contribution in [2.75, 3.05) is 5.75 Å². The molecule has 0 atom stereocenters. The number of carbonyl (C=O) groups excluding carboxylic acids is 1. The summed E-state index contributed by atoms with van der Waals surface area (Å²) in [7, 11) is 0. The maximum atomic E-state index is 13.2. The quantitative estimate of drug-likeness (QED) is 0.353. The minimum absolute atomic E-state index is 0.118. The molecule has 6 heteroatoms. The van der Waals surface area contributed by atoms with E-state index in [1.807, 2.05) is 54.8 Å². The van der Waals surface area contributed by atoms with Crippen molar-refractivity contribution in [3.05, 3.63) is 83.4 Å². The monoisotopic (exact) mass is 395 g/mol. The average molecular weight is 396 g/mol. The van der Waals surface area contributed by atoms with Crippen LogP contribution in [-0.2, 0) is 4.79 Å². The molecule has 2 aromatic carbocycles. The lowest BCUT2D eigenvalue weighted by atomic mass is 10.2. The second-order valence-corrected chi connectivity index (χ2v) is 7.51. The summed E-state index contributed by atoms with van der Waals surface area (Å²) in [5.74, 6) is 0.318. The third-order valence-electron chi connectivity index (χ3n) is 4.29. The maximum Gasteiger partial charge on any atom is 0.240 e. The van der Waals surface area contributed by atoms with Crippen molar-refractivity contribution in [2.24, 2.45) is 5.10 Å². The summed E-state index contributed by atoms with van der Waals surface area (Å²) in [6, 6.07) is 18.3. The van der Waals surface area contributed by atoms with Crippen LogP contribution in [0.25, 0.3) is 5.69 Å². The van der Waals surface area contributed by atoms with Crippen LogP contribution in [0.15, 0.2) is 70.7 Å². The lowest BCUT2D eigenvalue weighted by Crippen LogP contribution is -2.17. The van der Waals surface area contributed by atoms with Crippen molar-refractivity contribution < 1.29 is 9.18 Å². The number of benzene rings is 2. The van der Waals surface area contributed by atoms with E-state index in [1.54, 1.807) is 30.1 Å². The summed E-state index contributed by atoms with van der Waals surface area (Å²) in [6.07, 6.45) is 2.04. The van der Waals surface area contributed by atoms with Crippen LogP contribution in [0, 0.1) is 19.7 Å². The normalized spacial score (nSPS) is 11.1. The van der Waals surface area contributed by atoms with Crippen LogP contribution in [0.5, 0.6) is 0 Å². The minimum Gasteiger partial charge on any atom is -0.318 e. The standard InChI is InChI=1S/C22H22FN3OS/c1-16-14-18(17(2)26(16)20-10-8-19(23)9-11-20)15-24-25-22(27)12-13-28-21-6-4-3-5-7-21/h3-11,14-15H,12-13H2,1-2H3,(H,25,27)/b24-15+. The zero-order chi connectivity index (χ0) is 19.9. The Kier molecular flexibility index (Phi) is 6.66. The van der Waals surface area contributed by atoms with Crippen LogP contribution in [0.1, 0.15) is 23.4 Å². The Balaban J connectivity index is 1.56. The van der Waals surface area contributed by atoms with Gasteiger partial charge in [-0.1, -0.05) is 18.2 Å². The Morgan fingerprint density at radius 3 is 2.57 bits per heavy atom. The maximum absolute atomic E-state index is 13.2. The van der Waals surface area contributed by atoms with Crippen LogP contribution < -0.4 is 5.43 Å². The summed E-state index contributed by atoms with van der Waals surface area (Å²) in [6.45, 7) is 3.95. The van der Waals surface area contributed by atoms with Crippen molar-refractivity contribution >= 4 is 23.9 Å². The Hall–Kier alpha value is -2.86. The first-order valence-corrected chi connectivity index (χ1v) is 9.98. The highest BCUT2D eigenvalue weighted by atomic mass is 32.2. The highest BCUT2D eigenvalue weighted by Gasteiger charge is 2.09. The molecular weight excluding hydrogens is 373 g/mol. The third kappa shape index (κ3) is 5.10. The fourth-order valence-electron chi connectivity index (χ4n) is 2.91. The molecule has 1 amide bonds. The van der Waals surface area contributed by atoms with Crippen molar-refractivity contribution in [1.82, 2.24) is 9.99 Å². The predicted octanol–water partition coefficient (Wildman–Crippen LogP) is 4.87. The molecule has 0 spiro atoms. The second kappa shape index (κ2) is 9.37. The topological polar surface area (TPSA) is 46.4 Å². The number of amides is 1. The molecule has 0 radical (unpaired) electrons. The predicted molar refractivity (Wildman–Crippen MR) is 113 cm³/mol. The molecule has 0 fully saturated rings. The molecule has 0 aliphatic heterocycles. The van der Waals surface area contributed by atoms with Gasteiger partial charge in [-0.25, -0.2) is 9.82 Å². The van der Waals surface area contributed by atoms with Gasteiger partial charge in [0.2, 0.25) is 5.91 Å². The van der Waals surface area contributed by atoms with E-state index in [0.717, 1.165) is 27.5 Å². The minimum atomic E-state index is -0.263. The number of carbonyl (C=O) groups is 1. The van der Waals surface area contributed by atoms with E-state index >= 15 is 0 Å². The van der Waals surface area contributed by atoms with Gasteiger partial charge in [0, 0.05) is 39.7 Å². The van der Waals surface area contributed by atoms with Crippen LogP contribution in [-0.4, -0.2) is 22.4 Å². The Bertz CT molecular complexity index is 965. The molecule has 3 aromatic rings. The SMILES string of the molecule is Cc1cc(/C=N/NC(=O)CCSc2ccccc2)c(C)n1-c1ccc(F)cc1. The summed E-state index contributed by atoms with van der Waals surface area (Å²) in [5, 5.41) is 4.08. The van der Waals surface area contributed by atoms with Crippen molar-refractivity contribution in [2.45, 2.75) is 25.2 Å². The van der Waals surface area contributed by atoms with E-state index in [4.69, 9.17) is 0 Å². The molecule has 1 N–H and O–H groups in total. The van der Waals surface area contributed by atoms with Gasteiger partial charge in [0.15, 0.2) is 0 Å². The van der Waals surface area contributed by atoms with Gasteiger partial charge < -0.3 is 4.57 Å². The summed E-state index contributed by atoms with van der Waals surface area (Å²) >= 11 is 1.64. The van der Waals surface area contributed by atoms with Crippen LogP contribution in [0.3, 0.4) is 0 Å². The number of hydrazone groups is 1. The van der Waals surface area contributed by atoms with Crippen molar-refractivity contribution in [1.29, 1.82) is 0 Å². The van der Waals surface area contributed by atoms with Gasteiger partial charge in [-0.3, -0.25) is 4.79 Å². The molecule has 0 saturated heterocycles.